The van der Waals surface area contributed by atoms with Crippen LogP contribution in [0.15, 0.2) is 41.3 Å². The van der Waals surface area contributed by atoms with Crippen LogP contribution in [-0.2, 0) is 4.74 Å². The summed E-state index contributed by atoms with van der Waals surface area (Å²) in [5, 5.41) is 0.390. The van der Waals surface area contributed by atoms with E-state index in [9.17, 15) is 4.79 Å². The van der Waals surface area contributed by atoms with E-state index in [2.05, 4.69) is 19.9 Å². The summed E-state index contributed by atoms with van der Waals surface area (Å²) in [6.45, 7) is 2.78. The van der Waals surface area contributed by atoms with E-state index < -0.39 is 0 Å². The second-order valence-electron chi connectivity index (χ2n) is 5.29. The van der Waals surface area contributed by atoms with Gasteiger partial charge in [-0.25, -0.2) is 9.97 Å². The van der Waals surface area contributed by atoms with Crippen molar-refractivity contribution in [2.45, 2.75) is 0 Å². The average Bonchev–Trinajstić information content (AvgIpc) is 2.63. The molecule has 1 N–H and O–H groups in total. The number of H-pyrrole nitrogens is 1. The number of fused-ring (bicyclic) bond motifs is 1. The number of anilines is 1. The number of morpholine rings is 1. The van der Waals surface area contributed by atoms with Crippen LogP contribution in [-0.4, -0.2) is 46.2 Å². The largest absolute Gasteiger partial charge is 0.378 e. The zero-order valence-electron chi connectivity index (χ0n) is 12.4. The van der Waals surface area contributed by atoms with Gasteiger partial charge in [0.25, 0.3) is 5.56 Å². The number of nitrogens with one attached hydrogen (secondary N) is 1. The number of aromatic nitrogens is 4. The lowest BCUT2D eigenvalue weighted by atomic mass is 10.2. The SMILES string of the molecule is O=c1[nH]c(-c2ccccc2)nc2nc(N3CCOCC3)ncc12. The Labute approximate surface area is 132 Å². The number of hydrogen-bond donors (Lipinski definition) is 1. The molecule has 0 atom stereocenters. The molecule has 4 rings (SSSR count). The van der Waals surface area contributed by atoms with Gasteiger partial charge in [0.15, 0.2) is 5.65 Å². The van der Waals surface area contributed by atoms with Crippen molar-refractivity contribution < 1.29 is 4.74 Å². The quantitative estimate of drug-likeness (QED) is 0.766. The van der Waals surface area contributed by atoms with Gasteiger partial charge in [0.2, 0.25) is 5.95 Å². The van der Waals surface area contributed by atoms with Gasteiger partial charge in [0.1, 0.15) is 11.2 Å². The molecule has 0 spiro atoms. The highest BCUT2D eigenvalue weighted by atomic mass is 16.5. The first-order valence-corrected chi connectivity index (χ1v) is 7.46. The lowest BCUT2D eigenvalue weighted by Gasteiger charge is -2.26. The maximum absolute atomic E-state index is 12.3. The Balaban J connectivity index is 1.81. The van der Waals surface area contributed by atoms with Crippen LogP contribution in [0.3, 0.4) is 0 Å². The predicted octanol–water partition coefficient (Wildman–Crippen LogP) is 1.22. The number of rotatable bonds is 2. The summed E-state index contributed by atoms with van der Waals surface area (Å²) >= 11 is 0. The van der Waals surface area contributed by atoms with E-state index in [-0.39, 0.29) is 5.56 Å². The fourth-order valence-corrected chi connectivity index (χ4v) is 2.57. The number of hydrogen-bond acceptors (Lipinski definition) is 6. The molecule has 23 heavy (non-hydrogen) atoms. The van der Waals surface area contributed by atoms with Crippen LogP contribution in [0.5, 0.6) is 0 Å². The number of aromatic amines is 1. The lowest BCUT2D eigenvalue weighted by Crippen LogP contribution is -2.37. The minimum absolute atomic E-state index is 0.234. The summed E-state index contributed by atoms with van der Waals surface area (Å²) in [7, 11) is 0. The Bertz CT molecular complexity index is 888. The first kappa shape index (κ1) is 13.8. The summed E-state index contributed by atoms with van der Waals surface area (Å²) in [6, 6.07) is 9.51. The summed E-state index contributed by atoms with van der Waals surface area (Å²) < 4.78 is 5.34. The molecule has 0 bridgehead atoms. The average molecular weight is 309 g/mol. The third-order valence-corrected chi connectivity index (χ3v) is 3.79. The van der Waals surface area contributed by atoms with Crippen molar-refractivity contribution in [3.63, 3.8) is 0 Å². The first-order valence-electron chi connectivity index (χ1n) is 7.46. The molecule has 1 saturated heterocycles. The van der Waals surface area contributed by atoms with Gasteiger partial charge in [-0.2, -0.15) is 4.98 Å². The molecule has 0 unspecified atom stereocenters. The molecule has 3 heterocycles. The summed E-state index contributed by atoms with van der Waals surface area (Å²) in [6.07, 6.45) is 1.54. The van der Waals surface area contributed by atoms with Crippen LogP contribution in [0.2, 0.25) is 0 Å². The van der Waals surface area contributed by atoms with Crippen molar-refractivity contribution in [3.05, 3.63) is 46.9 Å². The lowest BCUT2D eigenvalue weighted by molar-refractivity contribution is 0.122. The Hall–Kier alpha value is -2.80. The van der Waals surface area contributed by atoms with Crippen molar-refractivity contribution in [2.24, 2.45) is 0 Å². The van der Waals surface area contributed by atoms with E-state index in [1.807, 2.05) is 35.2 Å². The van der Waals surface area contributed by atoms with Crippen LogP contribution in [0.4, 0.5) is 5.95 Å². The fraction of sp³-hybridized carbons (Fsp3) is 0.250. The molecule has 1 aliphatic rings. The fourth-order valence-electron chi connectivity index (χ4n) is 2.57. The van der Waals surface area contributed by atoms with Crippen LogP contribution < -0.4 is 10.5 Å². The molecule has 116 valence electrons. The van der Waals surface area contributed by atoms with Crippen molar-refractivity contribution >= 4 is 17.0 Å². The Morgan fingerprint density at radius 2 is 1.87 bits per heavy atom. The topological polar surface area (TPSA) is 84.0 Å². The molecular weight excluding hydrogens is 294 g/mol. The van der Waals surface area contributed by atoms with E-state index in [0.717, 1.165) is 18.7 Å². The molecule has 7 heteroatoms. The molecule has 0 radical (unpaired) electrons. The van der Waals surface area contributed by atoms with Crippen molar-refractivity contribution in [1.29, 1.82) is 0 Å². The highest BCUT2D eigenvalue weighted by Crippen LogP contribution is 2.16. The monoisotopic (exact) mass is 309 g/mol. The van der Waals surface area contributed by atoms with Gasteiger partial charge < -0.3 is 14.6 Å². The predicted molar refractivity (Wildman–Crippen MR) is 86.4 cm³/mol. The second kappa shape index (κ2) is 5.77. The number of nitrogens with zero attached hydrogens (tertiary/aromatic N) is 4. The smallest absolute Gasteiger partial charge is 0.262 e. The molecule has 0 amide bonds. The van der Waals surface area contributed by atoms with Gasteiger partial charge in [-0.3, -0.25) is 4.79 Å². The van der Waals surface area contributed by atoms with E-state index >= 15 is 0 Å². The van der Waals surface area contributed by atoms with Gasteiger partial charge in [0.05, 0.1) is 13.2 Å². The van der Waals surface area contributed by atoms with E-state index in [1.165, 1.54) is 6.20 Å². The highest BCUT2D eigenvalue weighted by molar-refractivity contribution is 5.76. The molecule has 3 aromatic rings. The Morgan fingerprint density at radius 3 is 2.65 bits per heavy atom. The zero-order chi connectivity index (χ0) is 15.6. The normalized spacial score (nSPS) is 15.0. The van der Waals surface area contributed by atoms with E-state index in [1.54, 1.807) is 0 Å². The molecule has 0 saturated carbocycles. The van der Waals surface area contributed by atoms with E-state index in [4.69, 9.17) is 4.74 Å². The summed E-state index contributed by atoms with van der Waals surface area (Å²) in [4.78, 5) is 30.3. The van der Waals surface area contributed by atoms with Crippen molar-refractivity contribution in [3.8, 4) is 11.4 Å². The van der Waals surface area contributed by atoms with Crippen LogP contribution >= 0.6 is 0 Å². The van der Waals surface area contributed by atoms with E-state index in [0.29, 0.717) is 36.0 Å². The maximum Gasteiger partial charge on any atom is 0.262 e. The molecule has 7 nitrogen and oxygen atoms in total. The maximum atomic E-state index is 12.3. The van der Waals surface area contributed by atoms with Crippen molar-refractivity contribution in [1.82, 2.24) is 19.9 Å². The van der Waals surface area contributed by atoms with Crippen LogP contribution in [0.25, 0.3) is 22.4 Å². The molecule has 1 aromatic carbocycles. The Kier molecular flexibility index (Phi) is 3.47. The molecule has 2 aromatic heterocycles. The van der Waals surface area contributed by atoms with Gasteiger partial charge >= 0.3 is 0 Å². The van der Waals surface area contributed by atoms with Crippen LogP contribution in [0, 0.1) is 0 Å². The number of ether oxygens (including phenoxy) is 1. The van der Waals surface area contributed by atoms with Gasteiger partial charge in [-0.1, -0.05) is 30.3 Å². The molecule has 1 fully saturated rings. The molecule has 0 aliphatic carbocycles. The summed E-state index contributed by atoms with van der Waals surface area (Å²) in [5.41, 5.74) is 1.02. The molecule has 1 aliphatic heterocycles. The third kappa shape index (κ3) is 2.66. The Morgan fingerprint density at radius 1 is 1.09 bits per heavy atom. The zero-order valence-corrected chi connectivity index (χ0v) is 12.4. The van der Waals surface area contributed by atoms with Crippen molar-refractivity contribution in [2.75, 3.05) is 31.2 Å². The third-order valence-electron chi connectivity index (χ3n) is 3.79. The van der Waals surface area contributed by atoms with Gasteiger partial charge in [-0.15, -0.1) is 0 Å². The first-order chi connectivity index (χ1) is 11.3. The summed E-state index contributed by atoms with van der Waals surface area (Å²) in [5.74, 6) is 1.09. The molecular formula is C16H15N5O2. The van der Waals surface area contributed by atoms with Gasteiger partial charge in [0, 0.05) is 24.8 Å². The number of benzene rings is 1. The highest BCUT2D eigenvalue weighted by Gasteiger charge is 2.15. The minimum Gasteiger partial charge on any atom is -0.378 e. The minimum atomic E-state index is -0.234. The van der Waals surface area contributed by atoms with Crippen LogP contribution in [0.1, 0.15) is 0 Å². The second-order valence-corrected chi connectivity index (χ2v) is 5.29. The van der Waals surface area contributed by atoms with Gasteiger partial charge in [-0.05, 0) is 0 Å². The standard InChI is InChI=1S/C16H15N5O2/c22-15-12-10-17-16(21-6-8-23-9-7-21)20-14(12)18-13(19-15)11-4-2-1-3-5-11/h1-5,10H,6-9H2,(H,17,18,19,20,22).